The average molecular weight is 217 g/mol. The molecule has 0 bridgehead atoms. The molecule has 0 amide bonds. The van der Waals surface area contributed by atoms with Crippen molar-refractivity contribution in [2.24, 2.45) is 7.05 Å². The topological polar surface area (TPSA) is 59.4 Å². The molecule has 3 aromatic heterocycles. The largest absolute Gasteiger partial charge is 0.359 e. The molecule has 3 rings (SSSR count). The first-order chi connectivity index (χ1) is 7.77. The van der Waals surface area contributed by atoms with E-state index in [9.17, 15) is 4.39 Å². The van der Waals surface area contributed by atoms with Crippen molar-refractivity contribution < 1.29 is 4.39 Å². The van der Waals surface area contributed by atoms with Crippen LogP contribution in [-0.2, 0) is 7.05 Å². The van der Waals surface area contributed by atoms with Gasteiger partial charge in [0.05, 0.1) is 11.7 Å². The Morgan fingerprint density at radius 2 is 2.31 bits per heavy atom. The second-order valence-electron chi connectivity index (χ2n) is 3.49. The molecule has 0 radical (unpaired) electrons. The van der Waals surface area contributed by atoms with Crippen molar-refractivity contribution in [1.82, 2.24) is 24.7 Å². The third-order valence-corrected chi connectivity index (χ3v) is 2.47. The van der Waals surface area contributed by atoms with E-state index in [1.807, 2.05) is 7.05 Å². The van der Waals surface area contributed by atoms with Crippen LogP contribution in [0.15, 0.2) is 24.8 Å². The van der Waals surface area contributed by atoms with E-state index < -0.39 is 0 Å². The van der Waals surface area contributed by atoms with Crippen LogP contribution < -0.4 is 0 Å². The highest BCUT2D eigenvalue weighted by Gasteiger charge is 2.13. The van der Waals surface area contributed by atoms with Gasteiger partial charge in [-0.3, -0.25) is 0 Å². The summed E-state index contributed by atoms with van der Waals surface area (Å²) in [7, 11) is 1.81. The lowest BCUT2D eigenvalue weighted by Gasteiger charge is -2.01. The van der Waals surface area contributed by atoms with Crippen molar-refractivity contribution in [3.8, 4) is 11.5 Å². The van der Waals surface area contributed by atoms with E-state index in [1.165, 1.54) is 6.20 Å². The van der Waals surface area contributed by atoms with Crippen LogP contribution in [0.5, 0.6) is 0 Å². The fourth-order valence-corrected chi connectivity index (χ4v) is 1.69. The predicted molar refractivity (Wildman–Crippen MR) is 56.0 cm³/mol. The first kappa shape index (κ1) is 9.02. The van der Waals surface area contributed by atoms with Gasteiger partial charge in [-0.2, -0.15) is 0 Å². The fraction of sp³-hybridized carbons (Fsp3) is 0.100. The fourth-order valence-electron chi connectivity index (χ4n) is 1.69. The number of aromatic amines is 1. The summed E-state index contributed by atoms with van der Waals surface area (Å²) < 4.78 is 15.2. The summed E-state index contributed by atoms with van der Waals surface area (Å²) in [4.78, 5) is 7.01. The average Bonchev–Trinajstić information content (AvgIpc) is 2.88. The molecule has 0 spiro atoms. The number of nitrogens with zero attached hydrogens (tertiary/aromatic N) is 4. The lowest BCUT2D eigenvalue weighted by molar-refractivity contribution is 0.634. The van der Waals surface area contributed by atoms with E-state index in [2.05, 4.69) is 20.2 Å². The van der Waals surface area contributed by atoms with E-state index in [1.54, 1.807) is 23.2 Å². The minimum absolute atomic E-state index is 0.345. The van der Waals surface area contributed by atoms with Gasteiger partial charge in [-0.25, -0.2) is 9.37 Å². The van der Waals surface area contributed by atoms with E-state index in [-0.39, 0.29) is 5.82 Å². The molecule has 1 N–H and O–H groups in total. The Kier molecular flexibility index (Phi) is 1.76. The maximum absolute atomic E-state index is 13.4. The van der Waals surface area contributed by atoms with Crippen LogP contribution in [0.25, 0.3) is 22.4 Å². The lowest BCUT2D eigenvalue weighted by atomic mass is 10.2. The molecular formula is C10H8FN5. The van der Waals surface area contributed by atoms with Gasteiger partial charge in [-0.05, 0) is 6.07 Å². The summed E-state index contributed by atoms with van der Waals surface area (Å²) in [5.74, 6) is 0.259. The van der Waals surface area contributed by atoms with Crippen LogP contribution >= 0.6 is 0 Å². The third-order valence-electron chi connectivity index (χ3n) is 2.47. The van der Waals surface area contributed by atoms with Crippen molar-refractivity contribution in [2.75, 3.05) is 0 Å². The molecular weight excluding hydrogens is 209 g/mol. The van der Waals surface area contributed by atoms with Crippen molar-refractivity contribution in [1.29, 1.82) is 0 Å². The van der Waals surface area contributed by atoms with Crippen LogP contribution in [0.4, 0.5) is 4.39 Å². The van der Waals surface area contributed by atoms with Gasteiger partial charge in [0.1, 0.15) is 12.0 Å². The quantitative estimate of drug-likeness (QED) is 0.671. The molecule has 0 fully saturated rings. The number of rotatable bonds is 1. The molecule has 16 heavy (non-hydrogen) atoms. The van der Waals surface area contributed by atoms with Gasteiger partial charge < -0.3 is 9.55 Å². The molecule has 0 aromatic carbocycles. The number of fused-ring (bicyclic) bond motifs is 1. The van der Waals surface area contributed by atoms with Crippen LogP contribution in [0.1, 0.15) is 0 Å². The van der Waals surface area contributed by atoms with Crippen molar-refractivity contribution in [3.63, 3.8) is 0 Å². The minimum Gasteiger partial charge on any atom is -0.359 e. The van der Waals surface area contributed by atoms with Crippen LogP contribution in [0.2, 0.25) is 0 Å². The van der Waals surface area contributed by atoms with E-state index in [0.29, 0.717) is 22.4 Å². The standard InChI is InChI=1S/C10H8FN5/c1-16-5-14-15-10(16)9-8-6(2-3-12-8)7(11)4-13-9/h2-5,12H,1H3. The Bertz CT molecular complexity index is 654. The van der Waals surface area contributed by atoms with Gasteiger partial charge in [-0.15, -0.1) is 10.2 Å². The maximum Gasteiger partial charge on any atom is 0.184 e. The van der Waals surface area contributed by atoms with Gasteiger partial charge >= 0.3 is 0 Å². The zero-order chi connectivity index (χ0) is 11.1. The number of hydrogen-bond acceptors (Lipinski definition) is 3. The number of pyridine rings is 1. The van der Waals surface area contributed by atoms with Crippen molar-refractivity contribution in [2.45, 2.75) is 0 Å². The number of halogens is 1. The molecule has 0 saturated heterocycles. The molecule has 0 aliphatic carbocycles. The number of nitrogens with one attached hydrogen (secondary N) is 1. The molecule has 3 aromatic rings. The SMILES string of the molecule is Cn1cnnc1-c1ncc(F)c2cc[nH]c12. The molecule has 0 atom stereocenters. The smallest absolute Gasteiger partial charge is 0.184 e. The molecule has 0 saturated carbocycles. The van der Waals surface area contributed by atoms with E-state index in [4.69, 9.17) is 0 Å². The summed E-state index contributed by atoms with van der Waals surface area (Å²) in [5, 5.41) is 8.24. The maximum atomic E-state index is 13.4. The normalized spacial score (nSPS) is 11.1. The monoisotopic (exact) mass is 217 g/mol. The Hall–Kier alpha value is -2.24. The molecule has 5 nitrogen and oxygen atoms in total. The van der Waals surface area contributed by atoms with Crippen LogP contribution in [0.3, 0.4) is 0 Å². The van der Waals surface area contributed by atoms with Crippen LogP contribution in [0, 0.1) is 5.82 Å². The zero-order valence-corrected chi connectivity index (χ0v) is 8.48. The van der Waals surface area contributed by atoms with Crippen molar-refractivity contribution in [3.05, 3.63) is 30.6 Å². The highest BCUT2D eigenvalue weighted by Crippen LogP contribution is 2.24. The summed E-state index contributed by atoms with van der Waals surface area (Å²) in [6.45, 7) is 0. The van der Waals surface area contributed by atoms with Gasteiger partial charge in [0.15, 0.2) is 11.6 Å². The molecule has 0 unspecified atom stereocenters. The highest BCUT2D eigenvalue weighted by atomic mass is 19.1. The van der Waals surface area contributed by atoms with E-state index in [0.717, 1.165) is 0 Å². The minimum atomic E-state index is -0.345. The number of hydrogen-bond donors (Lipinski definition) is 1. The Balaban J connectivity index is 2.37. The number of aryl methyl sites for hydroxylation is 1. The molecule has 0 aliphatic rings. The summed E-state index contributed by atoms with van der Waals surface area (Å²) in [6.07, 6.45) is 4.45. The first-order valence-electron chi connectivity index (χ1n) is 4.73. The second-order valence-corrected chi connectivity index (χ2v) is 3.49. The molecule has 80 valence electrons. The van der Waals surface area contributed by atoms with Gasteiger partial charge in [-0.1, -0.05) is 0 Å². The Morgan fingerprint density at radius 1 is 1.44 bits per heavy atom. The molecule has 3 heterocycles. The second kappa shape index (κ2) is 3.13. The van der Waals surface area contributed by atoms with Crippen LogP contribution in [-0.4, -0.2) is 24.7 Å². The lowest BCUT2D eigenvalue weighted by Crippen LogP contribution is -1.95. The predicted octanol–water partition coefficient (Wildman–Crippen LogP) is 1.50. The number of H-pyrrole nitrogens is 1. The first-order valence-corrected chi connectivity index (χ1v) is 4.73. The Labute approximate surface area is 90.0 Å². The highest BCUT2D eigenvalue weighted by molar-refractivity contribution is 5.90. The summed E-state index contributed by atoms with van der Waals surface area (Å²) >= 11 is 0. The van der Waals surface area contributed by atoms with Gasteiger partial charge in [0.25, 0.3) is 0 Å². The zero-order valence-electron chi connectivity index (χ0n) is 8.48. The van der Waals surface area contributed by atoms with Crippen molar-refractivity contribution >= 4 is 10.9 Å². The molecule has 6 heteroatoms. The Morgan fingerprint density at radius 3 is 3.06 bits per heavy atom. The summed E-state index contributed by atoms with van der Waals surface area (Å²) in [6, 6.07) is 1.67. The number of aromatic nitrogens is 5. The summed E-state index contributed by atoms with van der Waals surface area (Å²) in [5.41, 5.74) is 1.23. The molecule has 0 aliphatic heterocycles. The van der Waals surface area contributed by atoms with E-state index >= 15 is 0 Å². The van der Waals surface area contributed by atoms with Gasteiger partial charge in [0, 0.05) is 18.6 Å². The van der Waals surface area contributed by atoms with Gasteiger partial charge in [0.2, 0.25) is 0 Å². The third kappa shape index (κ3) is 1.13.